The largest absolute Gasteiger partial charge is 0.384 e. The number of nitrogens with zero attached hydrogens (tertiary/aromatic N) is 2. The molecule has 1 aromatic heterocycles. The van der Waals surface area contributed by atoms with Crippen molar-refractivity contribution >= 4 is 17.6 Å². The Morgan fingerprint density at radius 3 is 3.00 bits per heavy atom. The van der Waals surface area contributed by atoms with Crippen molar-refractivity contribution in [1.82, 2.24) is 15.2 Å². The number of hydrogen-bond donors (Lipinski definition) is 2. The van der Waals surface area contributed by atoms with E-state index in [1.54, 1.807) is 30.1 Å². The molecule has 3 N–H and O–H groups in total. The minimum Gasteiger partial charge on any atom is -0.384 e. The van der Waals surface area contributed by atoms with Crippen LogP contribution in [-0.4, -0.2) is 41.3 Å². The van der Waals surface area contributed by atoms with Crippen molar-refractivity contribution in [1.29, 1.82) is 0 Å². The first-order chi connectivity index (χ1) is 8.56. The first-order valence-electron chi connectivity index (χ1n) is 5.83. The highest BCUT2D eigenvalue weighted by molar-refractivity contribution is 5.93. The Morgan fingerprint density at radius 2 is 2.33 bits per heavy atom. The van der Waals surface area contributed by atoms with Gasteiger partial charge in [0.1, 0.15) is 11.5 Å². The van der Waals surface area contributed by atoms with Crippen LogP contribution in [0.5, 0.6) is 0 Å². The summed E-state index contributed by atoms with van der Waals surface area (Å²) in [6.07, 6.45) is 1.13. The van der Waals surface area contributed by atoms with Gasteiger partial charge in [-0.05, 0) is 18.6 Å². The van der Waals surface area contributed by atoms with Crippen LogP contribution in [-0.2, 0) is 4.79 Å². The van der Waals surface area contributed by atoms with E-state index in [1.807, 2.05) is 0 Å². The number of rotatable bonds is 2. The fraction of sp³-hybridized carbons (Fsp3) is 0.417. The lowest BCUT2D eigenvalue weighted by Crippen LogP contribution is -2.48. The van der Waals surface area contributed by atoms with E-state index in [2.05, 4.69) is 10.3 Å². The van der Waals surface area contributed by atoms with E-state index in [4.69, 9.17) is 5.73 Å². The molecule has 1 aromatic rings. The molecule has 18 heavy (non-hydrogen) atoms. The molecule has 1 saturated heterocycles. The highest BCUT2D eigenvalue weighted by atomic mass is 16.2. The fourth-order valence-corrected chi connectivity index (χ4v) is 1.97. The van der Waals surface area contributed by atoms with Crippen molar-refractivity contribution in [2.75, 3.05) is 19.3 Å². The summed E-state index contributed by atoms with van der Waals surface area (Å²) in [7, 11) is 1.74. The molecule has 0 saturated carbocycles. The number of nitrogens with two attached hydrogens (primary N) is 1. The summed E-state index contributed by atoms with van der Waals surface area (Å²) in [5.41, 5.74) is 5.83. The minimum absolute atomic E-state index is 0.0246. The average Bonchev–Trinajstić information content (AvgIpc) is 2.34. The van der Waals surface area contributed by atoms with Gasteiger partial charge in [-0.15, -0.1) is 0 Å². The Morgan fingerprint density at radius 1 is 1.56 bits per heavy atom. The monoisotopic (exact) mass is 248 g/mol. The van der Waals surface area contributed by atoms with Gasteiger partial charge in [0.2, 0.25) is 5.91 Å². The molecule has 6 nitrogen and oxygen atoms in total. The van der Waals surface area contributed by atoms with Crippen LogP contribution in [0.25, 0.3) is 0 Å². The molecule has 1 atom stereocenters. The molecule has 1 unspecified atom stereocenters. The fourth-order valence-electron chi connectivity index (χ4n) is 1.97. The molecule has 96 valence electrons. The minimum atomic E-state index is -0.255. The van der Waals surface area contributed by atoms with Crippen LogP contribution in [0, 0.1) is 0 Å². The maximum atomic E-state index is 11.9. The first kappa shape index (κ1) is 12.3. The normalized spacial score (nSPS) is 19.7. The van der Waals surface area contributed by atoms with Gasteiger partial charge in [0.05, 0.1) is 0 Å². The Kier molecular flexibility index (Phi) is 3.45. The SMILES string of the molecule is CN1CC(NC(=O)c2cccc(N)n2)CCC1=O. The molecule has 0 radical (unpaired) electrons. The van der Waals surface area contributed by atoms with Gasteiger partial charge in [-0.25, -0.2) is 4.98 Å². The second-order valence-corrected chi connectivity index (χ2v) is 4.43. The summed E-state index contributed by atoms with van der Waals surface area (Å²) in [4.78, 5) is 28.8. The molecular formula is C12H16N4O2. The van der Waals surface area contributed by atoms with E-state index in [1.165, 1.54) is 0 Å². The predicted octanol–water partition coefficient (Wildman–Crippen LogP) is 0.0144. The van der Waals surface area contributed by atoms with Crippen LogP contribution in [0.1, 0.15) is 23.3 Å². The van der Waals surface area contributed by atoms with Crippen molar-refractivity contribution in [3.63, 3.8) is 0 Å². The van der Waals surface area contributed by atoms with Gasteiger partial charge in [-0.3, -0.25) is 9.59 Å². The van der Waals surface area contributed by atoms with E-state index in [0.717, 1.165) is 0 Å². The third kappa shape index (κ3) is 2.77. The predicted molar refractivity (Wildman–Crippen MR) is 66.8 cm³/mol. The lowest BCUT2D eigenvalue weighted by Gasteiger charge is -2.30. The lowest BCUT2D eigenvalue weighted by atomic mass is 10.1. The molecule has 2 rings (SSSR count). The standard InChI is InChI=1S/C12H16N4O2/c1-16-7-8(5-6-11(16)17)14-12(18)9-3-2-4-10(13)15-9/h2-4,8H,5-7H2,1H3,(H2,13,15)(H,14,18). The summed E-state index contributed by atoms with van der Waals surface area (Å²) in [6, 6.07) is 4.91. The third-order valence-corrected chi connectivity index (χ3v) is 2.97. The molecule has 2 amide bonds. The molecule has 0 aromatic carbocycles. The number of nitrogen functional groups attached to an aromatic ring is 1. The van der Waals surface area contributed by atoms with E-state index in [-0.39, 0.29) is 17.9 Å². The number of aromatic nitrogens is 1. The second-order valence-electron chi connectivity index (χ2n) is 4.43. The average molecular weight is 248 g/mol. The maximum Gasteiger partial charge on any atom is 0.270 e. The van der Waals surface area contributed by atoms with Crippen molar-refractivity contribution in [3.05, 3.63) is 23.9 Å². The Labute approximate surface area is 105 Å². The Balaban J connectivity index is 1.98. The number of piperidine rings is 1. The first-order valence-corrected chi connectivity index (χ1v) is 5.83. The van der Waals surface area contributed by atoms with Gasteiger partial charge in [0, 0.05) is 26.1 Å². The van der Waals surface area contributed by atoms with Crippen LogP contribution in [0.2, 0.25) is 0 Å². The van der Waals surface area contributed by atoms with Gasteiger partial charge in [-0.1, -0.05) is 6.07 Å². The number of carbonyl (C=O) groups is 2. The number of hydrogen-bond acceptors (Lipinski definition) is 4. The lowest BCUT2D eigenvalue weighted by molar-refractivity contribution is -0.132. The number of likely N-dealkylation sites (N-methyl/N-ethyl adjacent to an activating group) is 1. The molecule has 1 aliphatic rings. The highest BCUT2D eigenvalue weighted by Crippen LogP contribution is 2.10. The van der Waals surface area contributed by atoms with E-state index in [9.17, 15) is 9.59 Å². The summed E-state index contributed by atoms with van der Waals surface area (Å²) in [5, 5.41) is 2.86. The van der Waals surface area contributed by atoms with Crippen molar-refractivity contribution < 1.29 is 9.59 Å². The highest BCUT2D eigenvalue weighted by Gasteiger charge is 2.24. The Hall–Kier alpha value is -2.11. The summed E-state index contributed by atoms with van der Waals surface area (Å²) >= 11 is 0. The molecule has 0 spiro atoms. The van der Waals surface area contributed by atoms with Crippen molar-refractivity contribution in [3.8, 4) is 0 Å². The number of likely N-dealkylation sites (tertiary alicyclic amines) is 1. The number of anilines is 1. The zero-order valence-corrected chi connectivity index (χ0v) is 10.2. The summed E-state index contributed by atoms with van der Waals surface area (Å²) in [5.74, 6) is 0.177. The van der Waals surface area contributed by atoms with Gasteiger partial charge < -0.3 is 16.0 Å². The number of carbonyl (C=O) groups excluding carboxylic acids is 2. The van der Waals surface area contributed by atoms with Crippen LogP contribution in [0.4, 0.5) is 5.82 Å². The topological polar surface area (TPSA) is 88.3 Å². The van der Waals surface area contributed by atoms with E-state index >= 15 is 0 Å². The number of nitrogens with one attached hydrogen (secondary N) is 1. The maximum absolute atomic E-state index is 11.9. The van der Waals surface area contributed by atoms with Crippen LogP contribution in [0.15, 0.2) is 18.2 Å². The summed E-state index contributed by atoms with van der Waals surface area (Å²) < 4.78 is 0. The molecule has 2 heterocycles. The van der Waals surface area contributed by atoms with Gasteiger partial charge >= 0.3 is 0 Å². The molecule has 6 heteroatoms. The van der Waals surface area contributed by atoms with E-state index in [0.29, 0.717) is 30.9 Å². The third-order valence-electron chi connectivity index (χ3n) is 2.97. The number of pyridine rings is 1. The van der Waals surface area contributed by atoms with Crippen molar-refractivity contribution in [2.24, 2.45) is 0 Å². The van der Waals surface area contributed by atoms with Gasteiger partial charge in [0.15, 0.2) is 0 Å². The summed E-state index contributed by atoms with van der Waals surface area (Å²) in [6.45, 7) is 0.535. The molecule has 0 bridgehead atoms. The van der Waals surface area contributed by atoms with Gasteiger partial charge in [-0.2, -0.15) is 0 Å². The smallest absolute Gasteiger partial charge is 0.270 e. The quantitative estimate of drug-likeness (QED) is 0.772. The van der Waals surface area contributed by atoms with Gasteiger partial charge in [0.25, 0.3) is 5.91 Å². The van der Waals surface area contributed by atoms with Crippen LogP contribution >= 0.6 is 0 Å². The zero-order chi connectivity index (χ0) is 13.1. The second kappa shape index (κ2) is 5.03. The molecular weight excluding hydrogens is 232 g/mol. The van der Waals surface area contributed by atoms with Crippen molar-refractivity contribution in [2.45, 2.75) is 18.9 Å². The van der Waals surface area contributed by atoms with Crippen LogP contribution < -0.4 is 11.1 Å². The van der Waals surface area contributed by atoms with E-state index < -0.39 is 0 Å². The zero-order valence-electron chi connectivity index (χ0n) is 10.2. The molecule has 1 aliphatic heterocycles. The molecule has 1 fully saturated rings. The van der Waals surface area contributed by atoms with Crippen LogP contribution in [0.3, 0.4) is 0 Å². The molecule has 0 aliphatic carbocycles. The Bertz CT molecular complexity index is 475. The number of amides is 2.